The third kappa shape index (κ3) is 3.27. The van der Waals surface area contributed by atoms with Crippen molar-refractivity contribution >= 4 is 39.3 Å². The van der Waals surface area contributed by atoms with Crippen LogP contribution in [0.15, 0.2) is 34.8 Å². The molecule has 0 amide bonds. The van der Waals surface area contributed by atoms with Crippen LogP contribution in [-0.4, -0.2) is 11.1 Å². The predicted octanol–water partition coefficient (Wildman–Crippen LogP) is 4.55. The number of rotatable bonds is 3. The molecule has 19 heavy (non-hydrogen) atoms. The molecule has 0 aliphatic carbocycles. The van der Waals surface area contributed by atoms with E-state index in [4.69, 9.17) is 5.11 Å². The van der Waals surface area contributed by atoms with Crippen molar-refractivity contribution in [2.45, 2.75) is 0 Å². The summed E-state index contributed by atoms with van der Waals surface area (Å²) in [6, 6.07) is 5.51. The van der Waals surface area contributed by atoms with E-state index in [-0.39, 0.29) is 10.0 Å². The standard InChI is InChI=1S/C13H7BrF2O2S/c14-9-5-8(10(15)6-11(9)16)12-3-1-7(19-12)2-4-13(17)18/h1-6H,(H,17,18)/b4-2+. The SMILES string of the molecule is O=C(O)/C=C/c1ccc(-c2cc(Br)c(F)cc2F)s1. The van der Waals surface area contributed by atoms with Crippen LogP contribution in [0.3, 0.4) is 0 Å². The minimum atomic E-state index is -1.05. The third-order valence-electron chi connectivity index (χ3n) is 2.29. The first-order valence-corrected chi connectivity index (χ1v) is 6.74. The molecule has 2 rings (SSSR count). The molecule has 0 aliphatic rings. The molecule has 0 saturated carbocycles. The molecule has 0 unspecified atom stereocenters. The van der Waals surface area contributed by atoms with Gasteiger partial charge in [-0.3, -0.25) is 0 Å². The van der Waals surface area contributed by atoms with E-state index < -0.39 is 17.6 Å². The second-order valence-corrected chi connectivity index (χ2v) is 5.59. The molecule has 1 heterocycles. The van der Waals surface area contributed by atoms with Crippen LogP contribution in [0.2, 0.25) is 0 Å². The van der Waals surface area contributed by atoms with Crippen LogP contribution < -0.4 is 0 Å². The maximum absolute atomic E-state index is 13.7. The monoisotopic (exact) mass is 344 g/mol. The summed E-state index contributed by atoms with van der Waals surface area (Å²) < 4.78 is 27.0. The molecule has 98 valence electrons. The van der Waals surface area contributed by atoms with Gasteiger partial charge in [-0.1, -0.05) is 0 Å². The molecule has 0 spiro atoms. The van der Waals surface area contributed by atoms with E-state index in [1.807, 2.05) is 0 Å². The van der Waals surface area contributed by atoms with Gasteiger partial charge < -0.3 is 5.11 Å². The molecule has 0 radical (unpaired) electrons. The molecule has 0 aliphatic heterocycles. The largest absolute Gasteiger partial charge is 0.478 e. The number of benzene rings is 1. The van der Waals surface area contributed by atoms with Crippen molar-refractivity contribution in [3.05, 3.63) is 51.3 Å². The minimum Gasteiger partial charge on any atom is -0.478 e. The van der Waals surface area contributed by atoms with Crippen molar-refractivity contribution in [2.75, 3.05) is 0 Å². The van der Waals surface area contributed by atoms with Gasteiger partial charge in [0.2, 0.25) is 0 Å². The number of hydrogen-bond donors (Lipinski definition) is 1. The molecular formula is C13H7BrF2O2S. The van der Waals surface area contributed by atoms with E-state index in [0.29, 0.717) is 9.75 Å². The Labute approximate surface area is 120 Å². The lowest BCUT2D eigenvalue weighted by atomic mass is 10.2. The Bertz CT molecular complexity index is 665. The zero-order valence-corrected chi connectivity index (χ0v) is 11.8. The van der Waals surface area contributed by atoms with Gasteiger partial charge in [0.05, 0.1) is 4.47 Å². The molecule has 1 aromatic carbocycles. The Morgan fingerprint density at radius 1 is 1.26 bits per heavy atom. The van der Waals surface area contributed by atoms with Crippen LogP contribution in [0, 0.1) is 11.6 Å². The molecule has 6 heteroatoms. The van der Waals surface area contributed by atoms with Crippen molar-refractivity contribution in [1.82, 2.24) is 0 Å². The lowest BCUT2D eigenvalue weighted by Crippen LogP contribution is -1.86. The highest BCUT2D eigenvalue weighted by molar-refractivity contribution is 9.10. The zero-order valence-electron chi connectivity index (χ0n) is 9.36. The van der Waals surface area contributed by atoms with Crippen molar-refractivity contribution in [3.63, 3.8) is 0 Å². The number of thiophene rings is 1. The van der Waals surface area contributed by atoms with E-state index in [2.05, 4.69) is 15.9 Å². The number of halogens is 3. The van der Waals surface area contributed by atoms with Crippen LogP contribution in [0.1, 0.15) is 4.88 Å². The molecule has 0 atom stereocenters. The Morgan fingerprint density at radius 2 is 2.00 bits per heavy atom. The molecule has 2 aromatic rings. The molecule has 0 bridgehead atoms. The topological polar surface area (TPSA) is 37.3 Å². The first-order valence-electron chi connectivity index (χ1n) is 5.13. The fourth-order valence-corrected chi connectivity index (χ4v) is 2.72. The van der Waals surface area contributed by atoms with Gasteiger partial charge in [0.25, 0.3) is 0 Å². The van der Waals surface area contributed by atoms with Crippen LogP contribution >= 0.6 is 27.3 Å². The van der Waals surface area contributed by atoms with Crippen molar-refractivity contribution in [3.8, 4) is 10.4 Å². The van der Waals surface area contributed by atoms with Gasteiger partial charge in [0, 0.05) is 27.5 Å². The molecule has 1 N–H and O–H groups in total. The van der Waals surface area contributed by atoms with Crippen molar-refractivity contribution < 1.29 is 18.7 Å². The second kappa shape index (κ2) is 5.63. The fraction of sp³-hybridized carbons (Fsp3) is 0. The van der Waals surface area contributed by atoms with E-state index in [1.54, 1.807) is 12.1 Å². The van der Waals surface area contributed by atoms with Gasteiger partial charge in [0.1, 0.15) is 11.6 Å². The Kier molecular flexibility index (Phi) is 4.11. The summed E-state index contributed by atoms with van der Waals surface area (Å²) in [5.41, 5.74) is 0.272. The number of hydrogen-bond acceptors (Lipinski definition) is 2. The van der Waals surface area contributed by atoms with Crippen LogP contribution in [0.25, 0.3) is 16.5 Å². The first kappa shape index (κ1) is 13.9. The number of carbonyl (C=O) groups is 1. The molecule has 1 aromatic heterocycles. The van der Waals surface area contributed by atoms with Crippen molar-refractivity contribution in [2.24, 2.45) is 0 Å². The zero-order chi connectivity index (χ0) is 14.0. The number of aliphatic carboxylic acids is 1. The maximum atomic E-state index is 13.7. The normalized spacial score (nSPS) is 11.1. The van der Waals surface area contributed by atoms with Gasteiger partial charge in [-0.15, -0.1) is 11.3 Å². The quantitative estimate of drug-likeness (QED) is 0.654. The molecule has 0 fully saturated rings. The van der Waals surface area contributed by atoms with Crippen LogP contribution in [0.4, 0.5) is 8.78 Å². The summed E-state index contributed by atoms with van der Waals surface area (Å²) in [5.74, 6) is -2.37. The van der Waals surface area contributed by atoms with Gasteiger partial charge in [-0.25, -0.2) is 13.6 Å². The molecule has 2 nitrogen and oxygen atoms in total. The number of carboxylic acid groups (broad SMARTS) is 1. The summed E-state index contributed by atoms with van der Waals surface area (Å²) >= 11 is 4.23. The maximum Gasteiger partial charge on any atom is 0.328 e. The van der Waals surface area contributed by atoms with Gasteiger partial charge in [-0.05, 0) is 40.2 Å². The van der Waals surface area contributed by atoms with E-state index >= 15 is 0 Å². The van der Waals surface area contributed by atoms with E-state index in [1.165, 1.54) is 23.5 Å². The lowest BCUT2D eigenvalue weighted by Gasteiger charge is -2.02. The Balaban J connectivity index is 2.38. The van der Waals surface area contributed by atoms with E-state index in [9.17, 15) is 13.6 Å². The summed E-state index contributed by atoms with van der Waals surface area (Å²) in [4.78, 5) is 11.7. The lowest BCUT2D eigenvalue weighted by molar-refractivity contribution is -0.131. The average Bonchev–Trinajstić information content (AvgIpc) is 2.80. The molecular weight excluding hydrogens is 338 g/mol. The summed E-state index contributed by atoms with van der Waals surface area (Å²) in [5, 5.41) is 8.52. The van der Waals surface area contributed by atoms with Gasteiger partial charge in [-0.2, -0.15) is 0 Å². The van der Waals surface area contributed by atoms with E-state index in [0.717, 1.165) is 12.1 Å². The van der Waals surface area contributed by atoms with Crippen LogP contribution in [-0.2, 0) is 4.79 Å². The van der Waals surface area contributed by atoms with Crippen molar-refractivity contribution in [1.29, 1.82) is 0 Å². The Morgan fingerprint density at radius 3 is 2.68 bits per heavy atom. The van der Waals surface area contributed by atoms with Gasteiger partial charge in [0.15, 0.2) is 0 Å². The average molecular weight is 345 g/mol. The Hall–Kier alpha value is -1.53. The number of carboxylic acids is 1. The second-order valence-electron chi connectivity index (χ2n) is 3.62. The fourth-order valence-electron chi connectivity index (χ4n) is 1.45. The third-order valence-corrected chi connectivity index (χ3v) is 3.98. The summed E-state index contributed by atoms with van der Waals surface area (Å²) in [7, 11) is 0. The predicted molar refractivity (Wildman–Crippen MR) is 74.0 cm³/mol. The summed E-state index contributed by atoms with van der Waals surface area (Å²) in [6.45, 7) is 0. The first-order chi connectivity index (χ1) is 8.97. The minimum absolute atomic E-state index is 0.180. The highest BCUT2D eigenvalue weighted by atomic mass is 79.9. The van der Waals surface area contributed by atoms with Crippen LogP contribution in [0.5, 0.6) is 0 Å². The smallest absolute Gasteiger partial charge is 0.328 e. The highest BCUT2D eigenvalue weighted by Gasteiger charge is 2.11. The summed E-state index contributed by atoms with van der Waals surface area (Å²) in [6.07, 6.45) is 2.43. The van der Waals surface area contributed by atoms with Gasteiger partial charge >= 0.3 is 5.97 Å². The molecule has 0 saturated heterocycles. The highest BCUT2D eigenvalue weighted by Crippen LogP contribution is 2.33.